The summed E-state index contributed by atoms with van der Waals surface area (Å²) in [7, 11) is 1.58. The quantitative estimate of drug-likeness (QED) is 0.185. The third-order valence-corrected chi connectivity index (χ3v) is 8.43. The molecule has 0 saturated carbocycles. The van der Waals surface area contributed by atoms with E-state index in [-0.39, 0.29) is 5.91 Å². The molecule has 0 radical (unpaired) electrons. The molecule has 10 heteroatoms. The smallest absolute Gasteiger partial charge is 0.249 e. The van der Waals surface area contributed by atoms with Crippen molar-refractivity contribution in [1.29, 1.82) is 0 Å². The average Bonchev–Trinajstić information content (AvgIpc) is 3.43. The third kappa shape index (κ3) is 6.15. The SMILES string of the molecule is COc1ccc2ncc(Cl)c([C@H](O)CCC3(C(=O)NO)CCN(CCCCc4nccs4)CC3)c2c1. The van der Waals surface area contributed by atoms with Crippen LogP contribution < -0.4 is 10.2 Å². The van der Waals surface area contributed by atoms with Crippen LogP contribution in [0.3, 0.4) is 0 Å². The zero-order valence-corrected chi connectivity index (χ0v) is 22.0. The van der Waals surface area contributed by atoms with Gasteiger partial charge in [0.05, 0.1) is 34.2 Å². The maximum absolute atomic E-state index is 12.8. The number of likely N-dealkylation sites (tertiary alicyclic amines) is 1. The van der Waals surface area contributed by atoms with Gasteiger partial charge in [-0.25, -0.2) is 10.5 Å². The molecule has 4 rings (SSSR count). The number of carbonyl (C=O) groups is 1. The largest absolute Gasteiger partial charge is 0.497 e. The van der Waals surface area contributed by atoms with Crippen LogP contribution in [-0.2, 0) is 11.2 Å². The molecule has 3 heterocycles. The summed E-state index contributed by atoms with van der Waals surface area (Å²) >= 11 is 8.15. The predicted molar refractivity (Wildman–Crippen MR) is 141 cm³/mol. The molecular weight excluding hydrogens is 500 g/mol. The van der Waals surface area contributed by atoms with Gasteiger partial charge in [-0.2, -0.15) is 0 Å². The highest BCUT2D eigenvalue weighted by Gasteiger charge is 2.41. The minimum absolute atomic E-state index is 0.331. The molecule has 8 nitrogen and oxygen atoms in total. The van der Waals surface area contributed by atoms with Crippen LogP contribution in [0, 0.1) is 5.41 Å². The van der Waals surface area contributed by atoms with Crippen LogP contribution >= 0.6 is 22.9 Å². The van der Waals surface area contributed by atoms with E-state index in [1.54, 1.807) is 18.4 Å². The van der Waals surface area contributed by atoms with Crippen molar-refractivity contribution in [3.05, 3.63) is 51.6 Å². The van der Waals surface area contributed by atoms with E-state index < -0.39 is 11.5 Å². The lowest BCUT2D eigenvalue weighted by Gasteiger charge is -2.40. The molecule has 0 spiro atoms. The van der Waals surface area contributed by atoms with Gasteiger partial charge in [0.2, 0.25) is 5.91 Å². The number of rotatable bonds is 11. The summed E-state index contributed by atoms with van der Waals surface area (Å²) in [6.45, 7) is 2.53. The number of aliphatic hydroxyl groups excluding tert-OH is 1. The number of pyridine rings is 1. The highest BCUT2D eigenvalue weighted by atomic mass is 35.5. The van der Waals surface area contributed by atoms with Gasteiger partial charge in [0.1, 0.15) is 5.75 Å². The number of aliphatic hydroxyl groups is 1. The Hall–Kier alpha value is -2.30. The van der Waals surface area contributed by atoms with Crippen LogP contribution in [0.1, 0.15) is 55.2 Å². The van der Waals surface area contributed by atoms with Crippen LogP contribution in [-0.4, -0.2) is 57.8 Å². The summed E-state index contributed by atoms with van der Waals surface area (Å²) < 4.78 is 5.34. The Morgan fingerprint density at radius 3 is 2.81 bits per heavy atom. The first-order valence-corrected chi connectivity index (χ1v) is 13.6. The number of hydrogen-bond acceptors (Lipinski definition) is 8. The molecule has 1 aliphatic heterocycles. The lowest BCUT2D eigenvalue weighted by atomic mass is 9.73. The summed E-state index contributed by atoms with van der Waals surface area (Å²) in [6, 6.07) is 5.46. The van der Waals surface area contributed by atoms with E-state index >= 15 is 0 Å². The molecule has 3 aromatic rings. The number of piperidine rings is 1. The molecule has 0 unspecified atom stereocenters. The molecule has 0 bridgehead atoms. The topological polar surface area (TPSA) is 108 Å². The molecule has 1 saturated heterocycles. The van der Waals surface area contributed by atoms with Crippen molar-refractivity contribution < 1.29 is 19.8 Å². The first-order chi connectivity index (χ1) is 17.5. The number of amides is 1. The van der Waals surface area contributed by atoms with Crippen LogP contribution in [0.15, 0.2) is 36.0 Å². The number of hydroxylamine groups is 1. The molecule has 0 aliphatic carbocycles. The van der Waals surface area contributed by atoms with Gasteiger partial charge in [-0.05, 0) is 82.8 Å². The zero-order chi connectivity index (χ0) is 25.5. The molecule has 1 amide bonds. The van der Waals surface area contributed by atoms with E-state index in [9.17, 15) is 15.1 Å². The van der Waals surface area contributed by atoms with Crippen molar-refractivity contribution in [2.75, 3.05) is 26.7 Å². The highest BCUT2D eigenvalue weighted by Crippen LogP contribution is 2.41. The van der Waals surface area contributed by atoms with Crippen molar-refractivity contribution in [1.82, 2.24) is 20.3 Å². The Bertz CT molecular complexity index is 1150. The molecule has 2 aromatic heterocycles. The average molecular weight is 533 g/mol. The summed E-state index contributed by atoms with van der Waals surface area (Å²) in [5.74, 6) is 0.264. The van der Waals surface area contributed by atoms with Gasteiger partial charge >= 0.3 is 0 Å². The molecule has 1 fully saturated rings. The number of aryl methyl sites for hydroxylation is 1. The number of halogens is 1. The number of methoxy groups -OCH3 is 1. The van der Waals surface area contributed by atoms with Gasteiger partial charge in [-0.1, -0.05) is 11.6 Å². The monoisotopic (exact) mass is 532 g/mol. The summed E-state index contributed by atoms with van der Waals surface area (Å²) in [5.41, 5.74) is 2.43. The molecule has 36 heavy (non-hydrogen) atoms. The fourth-order valence-electron chi connectivity index (χ4n) is 5.09. The number of thiazole rings is 1. The number of ether oxygens (including phenoxy) is 1. The van der Waals surface area contributed by atoms with Gasteiger partial charge in [0, 0.05) is 28.7 Å². The van der Waals surface area contributed by atoms with Gasteiger partial charge < -0.3 is 14.7 Å². The first kappa shape index (κ1) is 26.8. The fraction of sp³-hybridized carbons (Fsp3) is 0.500. The van der Waals surface area contributed by atoms with Gasteiger partial charge in [0.25, 0.3) is 0 Å². The summed E-state index contributed by atoms with van der Waals surface area (Å²) in [6.07, 6.45) is 7.67. The maximum atomic E-state index is 12.8. The van der Waals surface area contributed by atoms with E-state index in [4.69, 9.17) is 16.3 Å². The Morgan fingerprint density at radius 1 is 1.31 bits per heavy atom. The van der Waals surface area contributed by atoms with Gasteiger partial charge in [-0.3, -0.25) is 15.0 Å². The van der Waals surface area contributed by atoms with Crippen LogP contribution in [0.2, 0.25) is 5.02 Å². The number of carbonyl (C=O) groups excluding carboxylic acids is 1. The molecule has 1 aromatic carbocycles. The number of fused-ring (bicyclic) bond motifs is 1. The van der Waals surface area contributed by atoms with Crippen LogP contribution in [0.4, 0.5) is 0 Å². The normalized spacial score (nSPS) is 16.7. The van der Waals surface area contributed by atoms with Crippen LogP contribution in [0.5, 0.6) is 5.75 Å². The van der Waals surface area contributed by atoms with E-state index in [1.165, 1.54) is 11.2 Å². The molecule has 3 N–H and O–H groups in total. The van der Waals surface area contributed by atoms with Crippen molar-refractivity contribution in [2.24, 2.45) is 5.41 Å². The number of benzene rings is 1. The Kier molecular flexibility index (Phi) is 9.14. The first-order valence-electron chi connectivity index (χ1n) is 12.3. The Morgan fingerprint density at radius 2 is 2.11 bits per heavy atom. The Labute approximate surface area is 220 Å². The third-order valence-electron chi connectivity index (χ3n) is 7.29. The number of hydrogen-bond donors (Lipinski definition) is 3. The zero-order valence-electron chi connectivity index (χ0n) is 20.5. The maximum Gasteiger partial charge on any atom is 0.249 e. The van der Waals surface area contributed by atoms with Crippen molar-refractivity contribution in [3.8, 4) is 5.75 Å². The molecular formula is C26H33ClN4O4S. The lowest BCUT2D eigenvalue weighted by molar-refractivity contribution is -0.143. The molecule has 1 atom stereocenters. The highest BCUT2D eigenvalue weighted by molar-refractivity contribution is 7.09. The summed E-state index contributed by atoms with van der Waals surface area (Å²) in [5, 5.41) is 24.9. The second kappa shape index (κ2) is 12.3. The second-order valence-corrected chi connectivity index (χ2v) is 10.8. The summed E-state index contributed by atoms with van der Waals surface area (Å²) in [4.78, 5) is 23.8. The fourth-order valence-corrected chi connectivity index (χ4v) is 6.03. The van der Waals surface area contributed by atoms with E-state index in [2.05, 4.69) is 14.9 Å². The van der Waals surface area contributed by atoms with Crippen molar-refractivity contribution in [3.63, 3.8) is 0 Å². The lowest BCUT2D eigenvalue weighted by Crippen LogP contribution is -2.48. The minimum atomic E-state index is -0.887. The van der Waals surface area contributed by atoms with Gasteiger partial charge in [0.15, 0.2) is 0 Å². The standard InChI is InChI=1S/C26H33ClN4O4S/c1-35-18-5-6-21-19(16-18)24(20(27)17-29-21)22(32)7-8-26(25(33)30-34)9-13-31(14-10-26)12-3-2-4-23-28-11-15-36-23/h5-6,11,15-17,22,32,34H,2-4,7-10,12-14H2,1H3,(H,30,33)/t22-/m1/s1. The van der Waals surface area contributed by atoms with E-state index in [0.29, 0.717) is 47.5 Å². The van der Waals surface area contributed by atoms with Gasteiger partial charge in [-0.15, -0.1) is 11.3 Å². The number of nitrogens with one attached hydrogen (secondary N) is 1. The second-order valence-electron chi connectivity index (χ2n) is 9.40. The predicted octanol–water partition coefficient (Wildman–Crippen LogP) is 4.78. The molecule has 194 valence electrons. The number of nitrogens with zero attached hydrogens (tertiary/aromatic N) is 3. The number of unbranched alkanes of at least 4 members (excludes halogenated alkanes) is 1. The van der Waals surface area contributed by atoms with Crippen molar-refractivity contribution in [2.45, 2.75) is 51.0 Å². The van der Waals surface area contributed by atoms with E-state index in [0.717, 1.165) is 44.3 Å². The number of aromatic nitrogens is 2. The Balaban J connectivity index is 1.38. The van der Waals surface area contributed by atoms with Crippen molar-refractivity contribution >= 4 is 39.7 Å². The van der Waals surface area contributed by atoms with Crippen LogP contribution in [0.25, 0.3) is 10.9 Å². The minimum Gasteiger partial charge on any atom is -0.497 e. The van der Waals surface area contributed by atoms with E-state index in [1.807, 2.05) is 35.3 Å². The molecule has 1 aliphatic rings.